The first-order valence-corrected chi connectivity index (χ1v) is 7.24. The molecule has 0 spiro atoms. The van der Waals surface area contributed by atoms with Gasteiger partial charge in [-0.25, -0.2) is 0 Å². The molecule has 0 aromatic heterocycles. The van der Waals surface area contributed by atoms with Gasteiger partial charge in [0.05, 0.1) is 18.7 Å². The maximum absolute atomic E-state index is 8.98. The summed E-state index contributed by atoms with van der Waals surface area (Å²) < 4.78 is 5.64. The Morgan fingerprint density at radius 2 is 2.05 bits per heavy atom. The van der Waals surface area contributed by atoms with Crippen LogP contribution >= 0.6 is 11.6 Å². The van der Waals surface area contributed by atoms with Crippen molar-refractivity contribution in [3.05, 3.63) is 64.0 Å². The summed E-state index contributed by atoms with van der Waals surface area (Å²) in [6, 6.07) is 10.2. The third-order valence-corrected chi connectivity index (χ3v) is 3.65. The highest BCUT2D eigenvalue weighted by Gasteiger charge is 2.28. The predicted octanol–water partition coefficient (Wildman–Crippen LogP) is 3.56. The maximum atomic E-state index is 8.98. The average molecular weight is 304 g/mol. The summed E-state index contributed by atoms with van der Waals surface area (Å²) in [5.41, 5.74) is 11.5. The number of allylic oxidation sites excluding steroid dienone is 2. The van der Waals surface area contributed by atoms with Crippen molar-refractivity contribution in [3.63, 3.8) is 0 Å². The number of rotatable bonds is 5. The smallest absolute Gasteiger partial charge is 0.318 e. The molecule has 0 heterocycles. The zero-order chi connectivity index (χ0) is 15.2. The molecule has 0 saturated heterocycles. The van der Waals surface area contributed by atoms with Crippen LogP contribution in [0.15, 0.2) is 52.9 Å². The number of hydrogen-bond acceptors (Lipinski definition) is 2. The van der Waals surface area contributed by atoms with E-state index >= 15 is 0 Å². The van der Waals surface area contributed by atoms with Gasteiger partial charge in [0.1, 0.15) is 0 Å². The summed E-state index contributed by atoms with van der Waals surface area (Å²) in [6.07, 6.45) is 2.45. The van der Waals surface area contributed by atoms with Crippen molar-refractivity contribution in [2.24, 2.45) is 0 Å². The fraction of sp³-hybridized carbons (Fsp3) is 0.312. The van der Waals surface area contributed by atoms with Crippen LogP contribution in [0.1, 0.15) is 18.9 Å². The van der Waals surface area contributed by atoms with E-state index in [4.69, 9.17) is 21.9 Å². The maximum Gasteiger partial charge on any atom is 0.318 e. The highest BCUT2D eigenvalue weighted by atomic mass is 35.5. The monoisotopic (exact) mass is 303 g/mol. The zero-order valence-corrected chi connectivity index (χ0v) is 13.0. The first-order valence-electron chi connectivity index (χ1n) is 6.86. The molecule has 0 unspecified atom stereocenters. The highest BCUT2D eigenvalue weighted by molar-refractivity contribution is 6.43. The van der Waals surface area contributed by atoms with Crippen LogP contribution in [0, 0.1) is 0 Å². The molecule has 5 heteroatoms. The zero-order valence-electron chi connectivity index (χ0n) is 12.2. The molecular weight excluding hydrogens is 286 g/mol. The van der Waals surface area contributed by atoms with Gasteiger partial charge in [0.15, 0.2) is 10.8 Å². The van der Waals surface area contributed by atoms with Crippen LogP contribution in [-0.2, 0) is 11.3 Å². The predicted molar refractivity (Wildman–Crippen MR) is 83.7 cm³/mol. The first-order chi connectivity index (χ1) is 10.2. The van der Waals surface area contributed by atoms with Gasteiger partial charge in [-0.1, -0.05) is 41.9 Å². The molecule has 0 N–H and O–H groups in total. The molecule has 0 atom stereocenters. The van der Waals surface area contributed by atoms with Gasteiger partial charge in [-0.2, -0.15) is 4.79 Å². The molecule has 0 fully saturated rings. The highest BCUT2D eigenvalue weighted by Crippen LogP contribution is 2.29. The van der Waals surface area contributed by atoms with E-state index in [1.54, 1.807) is 0 Å². The molecule has 2 rings (SSSR count). The molecule has 1 aromatic carbocycles. The number of hydrogen-bond donors (Lipinski definition) is 0. The van der Waals surface area contributed by atoms with Crippen molar-refractivity contribution in [1.29, 1.82) is 0 Å². The fourth-order valence-corrected chi connectivity index (χ4v) is 2.52. The van der Waals surface area contributed by atoms with Gasteiger partial charge in [-0.3, -0.25) is 0 Å². The van der Waals surface area contributed by atoms with E-state index in [1.807, 2.05) is 38.2 Å². The molecule has 1 aromatic rings. The van der Waals surface area contributed by atoms with Crippen LogP contribution in [-0.4, -0.2) is 29.1 Å². The Bertz CT molecular complexity index is 616. The molecule has 0 bridgehead atoms. The summed E-state index contributed by atoms with van der Waals surface area (Å²) in [5.74, 6) is 0.566. The third kappa shape index (κ3) is 3.54. The minimum Gasteiger partial charge on any atom is -0.490 e. The normalized spacial score (nSPS) is 14.6. The van der Waals surface area contributed by atoms with E-state index in [1.165, 1.54) is 5.56 Å². The largest absolute Gasteiger partial charge is 0.490 e. The topological polar surface area (TPSA) is 48.9 Å². The molecule has 110 valence electrons. The Labute approximate surface area is 129 Å². The average Bonchev–Trinajstić information content (AvgIpc) is 2.50. The van der Waals surface area contributed by atoms with E-state index in [9.17, 15) is 0 Å². The van der Waals surface area contributed by atoms with Crippen LogP contribution in [0.3, 0.4) is 0 Å². The van der Waals surface area contributed by atoms with Gasteiger partial charge in [0.25, 0.3) is 0 Å². The second-order valence-corrected chi connectivity index (χ2v) is 5.14. The van der Waals surface area contributed by atoms with Crippen LogP contribution in [0.25, 0.3) is 5.53 Å². The quantitative estimate of drug-likeness (QED) is 0.617. The van der Waals surface area contributed by atoms with E-state index in [-0.39, 0.29) is 0 Å². The van der Waals surface area contributed by atoms with Gasteiger partial charge in [-0.15, -0.1) is 0 Å². The van der Waals surface area contributed by atoms with E-state index in [0.29, 0.717) is 29.5 Å². The van der Waals surface area contributed by atoms with Crippen molar-refractivity contribution in [2.45, 2.75) is 19.9 Å². The van der Waals surface area contributed by atoms with E-state index in [0.717, 1.165) is 12.2 Å². The van der Waals surface area contributed by atoms with Gasteiger partial charge in [0, 0.05) is 13.6 Å². The summed E-state index contributed by atoms with van der Waals surface area (Å²) >= 11 is 6.27. The van der Waals surface area contributed by atoms with Crippen molar-refractivity contribution in [1.82, 2.24) is 4.90 Å². The number of benzene rings is 1. The van der Waals surface area contributed by atoms with Gasteiger partial charge >= 0.3 is 5.71 Å². The Morgan fingerprint density at radius 1 is 1.33 bits per heavy atom. The standard InChI is InChI=1S/C16H18ClN3O/c1-3-21-16-14(10-9-13(19-18)15(16)17)20(2)11-12-7-5-4-6-8-12/h4-8,10H,3,9,11H2,1-2H3. The second kappa shape index (κ2) is 7.11. The third-order valence-electron chi connectivity index (χ3n) is 3.26. The number of halogens is 1. The molecule has 0 aliphatic heterocycles. The van der Waals surface area contributed by atoms with Crippen molar-refractivity contribution in [2.75, 3.05) is 13.7 Å². The SMILES string of the molecule is CCOC1=C(Cl)C(=[N+]=[N-])CC=C1N(C)Cc1ccccc1. The van der Waals surface area contributed by atoms with E-state index in [2.05, 4.69) is 21.8 Å². The molecule has 21 heavy (non-hydrogen) atoms. The number of nitrogens with zero attached hydrogens (tertiary/aromatic N) is 3. The Morgan fingerprint density at radius 3 is 2.67 bits per heavy atom. The second-order valence-electron chi connectivity index (χ2n) is 4.76. The van der Waals surface area contributed by atoms with Crippen molar-refractivity contribution in [3.8, 4) is 0 Å². The van der Waals surface area contributed by atoms with Crippen molar-refractivity contribution < 1.29 is 9.53 Å². The lowest BCUT2D eigenvalue weighted by molar-refractivity contribution is -0.00640. The summed E-state index contributed by atoms with van der Waals surface area (Å²) in [4.78, 5) is 5.30. The molecule has 0 saturated carbocycles. The summed E-state index contributed by atoms with van der Waals surface area (Å²) in [6.45, 7) is 3.15. The van der Waals surface area contributed by atoms with Gasteiger partial charge < -0.3 is 15.2 Å². The molecule has 0 radical (unpaired) electrons. The molecule has 4 nitrogen and oxygen atoms in total. The molecule has 1 aliphatic rings. The Hall–Kier alpha value is -2.03. The van der Waals surface area contributed by atoms with E-state index < -0.39 is 0 Å². The summed E-state index contributed by atoms with van der Waals surface area (Å²) in [5, 5.41) is 0.372. The van der Waals surface area contributed by atoms with Gasteiger partial charge in [0.2, 0.25) is 0 Å². The molecular formula is C16H18ClN3O. The molecule has 0 amide bonds. The fourth-order valence-electron chi connectivity index (χ4n) is 2.26. The van der Waals surface area contributed by atoms with Gasteiger partial charge in [-0.05, 0) is 18.6 Å². The summed E-state index contributed by atoms with van der Waals surface area (Å²) in [7, 11) is 1.99. The Kier molecular flexibility index (Phi) is 5.20. The number of ether oxygens (including phenoxy) is 1. The van der Waals surface area contributed by atoms with Crippen molar-refractivity contribution >= 4 is 17.3 Å². The lowest BCUT2D eigenvalue weighted by Crippen LogP contribution is -2.24. The molecule has 1 aliphatic carbocycles. The van der Waals surface area contributed by atoms with Crippen LogP contribution in [0.5, 0.6) is 0 Å². The lowest BCUT2D eigenvalue weighted by Gasteiger charge is -2.26. The number of likely N-dealkylation sites (N-methyl/N-ethyl adjacent to an activating group) is 1. The minimum atomic E-state index is 0.372. The van der Waals surface area contributed by atoms with Crippen LogP contribution in [0.2, 0.25) is 0 Å². The lowest BCUT2D eigenvalue weighted by atomic mass is 10.1. The first kappa shape index (κ1) is 15.4. The Balaban J connectivity index is 2.25. The van der Waals surface area contributed by atoms with Crippen LogP contribution in [0.4, 0.5) is 0 Å². The van der Waals surface area contributed by atoms with Crippen LogP contribution < -0.4 is 0 Å². The minimum absolute atomic E-state index is 0.372.